The van der Waals surface area contributed by atoms with E-state index in [0.29, 0.717) is 31.8 Å². The van der Waals surface area contributed by atoms with E-state index in [0.717, 1.165) is 35.2 Å². The first-order valence-corrected chi connectivity index (χ1v) is 14.3. The molecule has 13 heteroatoms. The quantitative estimate of drug-likeness (QED) is 0.288. The second kappa shape index (κ2) is 10.8. The molecule has 42 heavy (non-hydrogen) atoms. The van der Waals surface area contributed by atoms with Crippen molar-refractivity contribution in [2.24, 2.45) is 5.92 Å². The van der Waals surface area contributed by atoms with Gasteiger partial charge < -0.3 is 15.0 Å². The van der Waals surface area contributed by atoms with Gasteiger partial charge in [0.25, 0.3) is 5.91 Å². The predicted molar refractivity (Wildman–Crippen MR) is 151 cm³/mol. The Morgan fingerprint density at radius 3 is 2.45 bits per heavy atom. The maximum Gasteiger partial charge on any atom is 0.418 e. The van der Waals surface area contributed by atoms with Crippen LogP contribution in [-0.2, 0) is 20.6 Å². The zero-order valence-electron chi connectivity index (χ0n) is 21.4. The molecular weight excluding hydrogens is 591 g/mol. The van der Waals surface area contributed by atoms with Crippen LogP contribution in [0.3, 0.4) is 0 Å². The number of aromatic nitrogens is 1. The van der Waals surface area contributed by atoms with Crippen LogP contribution in [0.5, 0.6) is 5.75 Å². The summed E-state index contributed by atoms with van der Waals surface area (Å²) in [6, 6.07) is 19.8. The first kappa shape index (κ1) is 27.8. The third-order valence-corrected chi connectivity index (χ3v) is 9.32. The number of halogens is 3. The zero-order chi connectivity index (χ0) is 29.6. The molecule has 0 spiro atoms. The Labute approximate surface area is 244 Å². The Balaban J connectivity index is 1.33. The van der Waals surface area contributed by atoms with Crippen molar-refractivity contribution in [1.82, 2.24) is 4.98 Å². The van der Waals surface area contributed by atoms with Crippen molar-refractivity contribution in [1.29, 1.82) is 0 Å². The van der Waals surface area contributed by atoms with Gasteiger partial charge in [-0.05, 0) is 42.0 Å². The lowest BCUT2D eigenvalue weighted by Crippen LogP contribution is -2.33. The Morgan fingerprint density at radius 2 is 1.69 bits per heavy atom. The molecule has 0 aliphatic carbocycles. The van der Waals surface area contributed by atoms with Crippen molar-refractivity contribution in [2.75, 3.05) is 16.8 Å². The number of carbonyl (C=O) groups excluding carboxylic acids is 3. The zero-order valence-corrected chi connectivity index (χ0v) is 23.0. The summed E-state index contributed by atoms with van der Waals surface area (Å²) in [5.41, 5.74) is -0.525. The highest BCUT2D eigenvalue weighted by atomic mass is 32.2. The van der Waals surface area contributed by atoms with E-state index in [1.54, 1.807) is 48.5 Å². The number of imide groups is 1. The van der Waals surface area contributed by atoms with Gasteiger partial charge in [-0.3, -0.25) is 19.2 Å². The summed E-state index contributed by atoms with van der Waals surface area (Å²) >= 11 is 1.84. The van der Waals surface area contributed by atoms with Gasteiger partial charge in [-0.25, -0.2) is 4.90 Å². The van der Waals surface area contributed by atoms with E-state index < -0.39 is 52.2 Å². The van der Waals surface area contributed by atoms with Crippen molar-refractivity contribution < 1.29 is 32.3 Å². The Bertz CT molecular complexity index is 1750. The van der Waals surface area contributed by atoms with Gasteiger partial charge in [0.1, 0.15) is 11.0 Å². The lowest BCUT2D eigenvalue weighted by atomic mass is 9.83. The molecule has 1 aromatic heterocycles. The summed E-state index contributed by atoms with van der Waals surface area (Å²) in [5, 5.41) is 2.03. The summed E-state index contributed by atoms with van der Waals surface area (Å²) in [7, 11) is 0. The number of amides is 3. The number of thioether (sulfide) groups is 1. The van der Waals surface area contributed by atoms with Crippen molar-refractivity contribution >= 4 is 52.2 Å². The van der Waals surface area contributed by atoms with Crippen molar-refractivity contribution in [2.45, 2.75) is 22.4 Å². The maximum atomic E-state index is 13.9. The summed E-state index contributed by atoms with van der Waals surface area (Å²) in [6.45, 7) is -0.312. The van der Waals surface area contributed by atoms with Crippen molar-refractivity contribution in [3.05, 3.63) is 105 Å². The molecule has 3 unspecified atom stereocenters. The van der Waals surface area contributed by atoms with Crippen LogP contribution >= 0.6 is 23.1 Å². The normalized spacial score (nSPS) is 19.8. The van der Waals surface area contributed by atoms with Crippen LogP contribution in [0.15, 0.2) is 88.7 Å². The molecule has 8 nitrogen and oxygen atoms in total. The third kappa shape index (κ3) is 5.09. The SMILES string of the molecule is O=C(COc1cccc(C2c3sc(=O)[nH]c3SC3C(=O)N(c4ccccc4C(F)(F)F)C(=O)C32)c1)Nc1ccccc1. The number of carbonyl (C=O) groups is 3. The van der Waals surface area contributed by atoms with Crippen LogP contribution in [0.1, 0.15) is 21.9 Å². The van der Waals surface area contributed by atoms with Gasteiger partial charge in [0.2, 0.25) is 11.8 Å². The molecule has 3 amide bonds. The largest absolute Gasteiger partial charge is 0.484 e. The van der Waals surface area contributed by atoms with E-state index in [2.05, 4.69) is 10.3 Å². The highest BCUT2D eigenvalue weighted by Gasteiger charge is 2.57. The number of anilines is 2. The number of benzene rings is 3. The smallest absolute Gasteiger partial charge is 0.418 e. The van der Waals surface area contributed by atoms with Gasteiger partial charge in [0, 0.05) is 16.5 Å². The minimum Gasteiger partial charge on any atom is -0.484 e. The first-order chi connectivity index (χ1) is 20.1. The lowest BCUT2D eigenvalue weighted by molar-refractivity contribution is -0.137. The Kier molecular flexibility index (Phi) is 7.15. The molecule has 2 N–H and O–H groups in total. The number of rotatable bonds is 6. The van der Waals surface area contributed by atoms with Gasteiger partial charge in [-0.2, -0.15) is 13.2 Å². The van der Waals surface area contributed by atoms with E-state index in [1.165, 1.54) is 12.1 Å². The molecule has 4 aromatic rings. The van der Waals surface area contributed by atoms with Gasteiger partial charge >= 0.3 is 11.0 Å². The molecule has 3 atom stereocenters. The summed E-state index contributed by atoms with van der Waals surface area (Å²) in [4.78, 5) is 55.6. The molecule has 0 saturated carbocycles. The van der Waals surface area contributed by atoms with E-state index >= 15 is 0 Å². The molecule has 1 saturated heterocycles. The molecule has 214 valence electrons. The van der Waals surface area contributed by atoms with Crippen LogP contribution in [0.25, 0.3) is 0 Å². The number of nitrogens with one attached hydrogen (secondary N) is 2. The van der Waals surface area contributed by atoms with Gasteiger partial charge in [0.05, 0.1) is 22.2 Å². The Hall–Kier alpha value is -4.36. The number of nitrogens with zero attached hydrogens (tertiary/aromatic N) is 1. The molecular formula is C29H20F3N3O5S2. The number of H-pyrrole nitrogens is 1. The topological polar surface area (TPSA) is 109 Å². The van der Waals surface area contributed by atoms with Crippen LogP contribution < -0.4 is 19.8 Å². The number of para-hydroxylation sites is 2. The van der Waals surface area contributed by atoms with E-state index in [-0.39, 0.29) is 11.5 Å². The fourth-order valence-corrected chi connectivity index (χ4v) is 7.70. The average molecular weight is 612 g/mol. The lowest BCUT2D eigenvalue weighted by Gasteiger charge is -2.30. The van der Waals surface area contributed by atoms with Gasteiger partial charge in [-0.15, -0.1) is 0 Å². The van der Waals surface area contributed by atoms with E-state index in [9.17, 15) is 32.3 Å². The molecule has 3 aromatic carbocycles. The molecule has 2 aliphatic rings. The van der Waals surface area contributed by atoms with Crippen molar-refractivity contribution in [3.63, 3.8) is 0 Å². The second-order valence-corrected chi connectivity index (χ2v) is 11.7. The standard InChI is InChI=1S/C29H20F3N3O5S2/c30-29(31,32)18-11-4-5-12-19(18)35-26(37)22-21(23-25(34-28(39)42-23)41-24(22)27(35)38)15-7-6-10-17(13-15)40-14-20(36)33-16-8-2-1-3-9-16/h1-13,21-22,24H,14H2,(H,33,36)(H,34,39). The van der Waals surface area contributed by atoms with E-state index in [1.807, 2.05) is 6.07 Å². The number of fused-ring (bicyclic) bond motifs is 2. The summed E-state index contributed by atoms with van der Waals surface area (Å²) in [6.07, 6.45) is -4.79. The monoisotopic (exact) mass is 611 g/mol. The number of hydrogen-bond donors (Lipinski definition) is 2. The first-order valence-electron chi connectivity index (χ1n) is 12.6. The molecule has 3 heterocycles. The number of aromatic amines is 1. The number of thiazole rings is 1. The maximum absolute atomic E-state index is 13.9. The van der Waals surface area contributed by atoms with Crippen LogP contribution in [0.4, 0.5) is 24.5 Å². The van der Waals surface area contributed by atoms with Gasteiger partial charge in [-0.1, -0.05) is 65.6 Å². The molecule has 0 radical (unpaired) electrons. The molecule has 2 aliphatic heterocycles. The van der Waals surface area contributed by atoms with Crippen molar-refractivity contribution in [3.8, 4) is 5.75 Å². The summed E-state index contributed by atoms with van der Waals surface area (Å²) in [5.74, 6) is -3.59. The second-order valence-electron chi connectivity index (χ2n) is 9.55. The fourth-order valence-electron chi connectivity index (χ4n) is 5.19. The van der Waals surface area contributed by atoms with Crippen LogP contribution in [-0.4, -0.2) is 34.6 Å². The highest BCUT2D eigenvalue weighted by Crippen LogP contribution is 2.54. The third-order valence-electron chi connectivity index (χ3n) is 6.92. The number of alkyl halides is 3. The van der Waals surface area contributed by atoms with Crippen LogP contribution in [0, 0.1) is 5.92 Å². The number of ether oxygens (including phenoxy) is 1. The molecule has 0 bridgehead atoms. The Morgan fingerprint density at radius 1 is 0.952 bits per heavy atom. The fraction of sp³-hybridized carbons (Fsp3) is 0.172. The molecule has 1 fully saturated rings. The minimum absolute atomic E-state index is 0.297. The van der Waals surface area contributed by atoms with Gasteiger partial charge in [0.15, 0.2) is 6.61 Å². The predicted octanol–water partition coefficient (Wildman–Crippen LogP) is 5.27. The summed E-state index contributed by atoms with van der Waals surface area (Å²) < 4.78 is 47.2. The van der Waals surface area contributed by atoms with Crippen LogP contribution in [0.2, 0.25) is 0 Å². The average Bonchev–Trinajstić information content (AvgIpc) is 3.46. The van der Waals surface area contributed by atoms with E-state index in [4.69, 9.17) is 4.74 Å². The molecule has 6 rings (SSSR count). The number of hydrogen-bond acceptors (Lipinski definition) is 7. The highest BCUT2D eigenvalue weighted by molar-refractivity contribution is 8.00. The minimum atomic E-state index is -4.79.